The molecule has 0 spiro atoms. The molecule has 5 nitrogen and oxygen atoms in total. The van der Waals surface area contributed by atoms with Gasteiger partial charge in [-0.2, -0.15) is 0 Å². The van der Waals surface area contributed by atoms with Crippen LogP contribution in [0.5, 0.6) is 0 Å². The molecule has 0 bridgehead atoms. The largest absolute Gasteiger partial charge is 0.378 e. The van der Waals surface area contributed by atoms with E-state index in [-0.39, 0.29) is 18.4 Å². The lowest BCUT2D eigenvalue weighted by Gasteiger charge is -2.41. The van der Waals surface area contributed by atoms with Crippen LogP contribution < -0.4 is 0 Å². The zero-order valence-corrected chi connectivity index (χ0v) is 14.1. The summed E-state index contributed by atoms with van der Waals surface area (Å²) < 4.78 is 0. The van der Waals surface area contributed by atoms with Gasteiger partial charge in [-0.3, -0.25) is 9.59 Å². The maximum absolute atomic E-state index is 12.9. The standard InChI is InChI=1S/C19H24N2O3/c1-15(22)21-12-6-10-19(24,14-21)18(23)20-11-5-9-17(13-20)16-7-3-2-4-8-16/h2-4,7-9,24H,5-6,10-14H2,1H3. The predicted octanol–water partition coefficient (Wildman–Crippen LogP) is 1.68. The molecule has 1 aromatic rings. The molecule has 0 aliphatic carbocycles. The molecule has 1 N–H and O–H groups in total. The number of aliphatic hydroxyl groups is 1. The summed E-state index contributed by atoms with van der Waals surface area (Å²) in [4.78, 5) is 27.8. The first kappa shape index (κ1) is 16.7. The first-order valence-corrected chi connectivity index (χ1v) is 8.51. The average molecular weight is 328 g/mol. The Bertz CT molecular complexity index is 656. The number of rotatable bonds is 2. The summed E-state index contributed by atoms with van der Waals surface area (Å²) in [6.07, 6.45) is 4.00. The van der Waals surface area contributed by atoms with Crippen LogP contribution in [0, 0.1) is 0 Å². The van der Waals surface area contributed by atoms with Crippen molar-refractivity contribution in [3.05, 3.63) is 42.0 Å². The fourth-order valence-corrected chi connectivity index (χ4v) is 3.55. The van der Waals surface area contributed by atoms with Gasteiger partial charge in [0.25, 0.3) is 5.91 Å². The molecule has 1 aromatic carbocycles. The summed E-state index contributed by atoms with van der Waals surface area (Å²) in [5.74, 6) is -0.348. The average Bonchev–Trinajstić information content (AvgIpc) is 2.62. The Hall–Kier alpha value is -2.14. The van der Waals surface area contributed by atoms with Crippen molar-refractivity contribution in [1.29, 1.82) is 0 Å². The Morgan fingerprint density at radius 2 is 1.88 bits per heavy atom. The zero-order chi connectivity index (χ0) is 17.2. The van der Waals surface area contributed by atoms with E-state index in [1.54, 1.807) is 9.80 Å². The van der Waals surface area contributed by atoms with Crippen LogP contribution in [-0.4, -0.2) is 58.5 Å². The highest BCUT2D eigenvalue weighted by atomic mass is 16.3. The highest BCUT2D eigenvalue weighted by Gasteiger charge is 2.43. The van der Waals surface area contributed by atoms with Gasteiger partial charge >= 0.3 is 0 Å². The van der Waals surface area contributed by atoms with Gasteiger partial charge in [0.05, 0.1) is 6.54 Å². The SMILES string of the molecule is CC(=O)N1CCCC(O)(C(=O)N2CCC=C(c3ccccc3)C2)C1. The summed E-state index contributed by atoms with van der Waals surface area (Å²) in [7, 11) is 0. The number of benzene rings is 1. The molecule has 1 fully saturated rings. The molecule has 2 amide bonds. The van der Waals surface area contributed by atoms with Crippen LogP contribution >= 0.6 is 0 Å². The summed E-state index contributed by atoms with van der Waals surface area (Å²) >= 11 is 0. The van der Waals surface area contributed by atoms with E-state index < -0.39 is 5.60 Å². The summed E-state index contributed by atoms with van der Waals surface area (Å²) in [5, 5.41) is 10.9. The maximum Gasteiger partial charge on any atom is 0.256 e. The van der Waals surface area contributed by atoms with Gasteiger partial charge in [-0.1, -0.05) is 36.4 Å². The number of carbonyl (C=O) groups is 2. The summed E-state index contributed by atoms with van der Waals surface area (Å²) in [6, 6.07) is 10.0. The molecular formula is C19H24N2O3. The Labute approximate surface area is 142 Å². The fourth-order valence-electron chi connectivity index (χ4n) is 3.55. The predicted molar refractivity (Wildman–Crippen MR) is 92.1 cm³/mol. The van der Waals surface area contributed by atoms with Crippen molar-refractivity contribution in [1.82, 2.24) is 9.80 Å². The van der Waals surface area contributed by atoms with E-state index in [1.165, 1.54) is 6.92 Å². The van der Waals surface area contributed by atoms with Crippen LogP contribution in [-0.2, 0) is 9.59 Å². The molecule has 3 rings (SSSR count). The molecule has 1 atom stereocenters. The van der Waals surface area contributed by atoms with E-state index in [4.69, 9.17) is 0 Å². The van der Waals surface area contributed by atoms with E-state index in [9.17, 15) is 14.7 Å². The van der Waals surface area contributed by atoms with Crippen molar-refractivity contribution in [2.45, 2.75) is 31.8 Å². The van der Waals surface area contributed by atoms with Crippen LogP contribution in [0.1, 0.15) is 31.7 Å². The Kier molecular flexibility index (Phi) is 4.71. The van der Waals surface area contributed by atoms with Gasteiger partial charge in [0.1, 0.15) is 0 Å². The smallest absolute Gasteiger partial charge is 0.256 e. The first-order valence-electron chi connectivity index (χ1n) is 8.51. The van der Waals surface area contributed by atoms with Crippen LogP contribution in [0.4, 0.5) is 0 Å². The Morgan fingerprint density at radius 3 is 2.58 bits per heavy atom. The number of hydrogen-bond acceptors (Lipinski definition) is 3. The highest BCUT2D eigenvalue weighted by molar-refractivity contribution is 5.88. The van der Waals surface area contributed by atoms with Gasteiger partial charge in [0.2, 0.25) is 5.91 Å². The number of amides is 2. The van der Waals surface area contributed by atoms with Crippen molar-refractivity contribution in [2.24, 2.45) is 0 Å². The van der Waals surface area contributed by atoms with Crippen LogP contribution in [0.2, 0.25) is 0 Å². The molecule has 24 heavy (non-hydrogen) atoms. The molecule has 1 unspecified atom stereocenters. The fraction of sp³-hybridized carbons (Fsp3) is 0.474. The highest BCUT2D eigenvalue weighted by Crippen LogP contribution is 2.27. The minimum absolute atomic E-state index is 0.0931. The monoisotopic (exact) mass is 328 g/mol. The molecule has 0 radical (unpaired) electrons. The Morgan fingerprint density at radius 1 is 1.12 bits per heavy atom. The lowest BCUT2D eigenvalue weighted by Crippen LogP contribution is -2.59. The summed E-state index contributed by atoms with van der Waals surface area (Å²) in [6.45, 7) is 3.30. The molecule has 2 heterocycles. The first-order chi connectivity index (χ1) is 11.5. The normalized spacial score (nSPS) is 24.5. The third-order valence-electron chi connectivity index (χ3n) is 4.90. The van der Waals surface area contributed by atoms with Crippen LogP contribution in [0.25, 0.3) is 5.57 Å². The Balaban J connectivity index is 1.73. The van der Waals surface area contributed by atoms with Crippen molar-refractivity contribution < 1.29 is 14.7 Å². The molecule has 128 valence electrons. The lowest BCUT2D eigenvalue weighted by molar-refractivity contribution is -0.159. The number of carbonyl (C=O) groups excluding carboxylic acids is 2. The minimum atomic E-state index is -1.46. The van der Waals surface area contributed by atoms with E-state index in [2.05, 4.69) is 6.08 Å². The molecule has 5 heteroatoms. The number of hydrogen-bond donors (Lipinski definition) is 1. The van der Waals surface area contributed by atoms with Gasteiger partial charge in [-0.15, -0.1) is 0 Å². The minimum Gasteiger partial charge on any atom is -0.378 e. The maximum atomic E-state index is 12.9. The number of nitrogens with zero attached hydrogens (tertiary/aromatic N) is 2. The van der Waals surface area contributed by atoms with Crippen molar-refractivity contribution in [2.75, 3.05) is 26.2 Å². The zero-order valence-electron chi connectivity index (χ0n) is 14.1. The van der Waals surface area contributed by atoms with Gasteiger partial charge in [0, 0.05) is 26.6 Å². The summed E-state index contributed by atoms with van der Waals surface area (Å²) in [5.41, 5.74) is 0.761. The van der Waals surface area contributed by atoms with Crippen LogP contribution in [0.15, 0.2) is 36.4 Å². The second-order valence-corrected chi connectivity index (χ2v) is 6.69. The number of likely N-dealkylation sites (tertiary alicyclic amines) is 1. The van der Waals surface area contributed by atoms with Crippen LogP contribution in [0.3, 0.4) is 0 Å². The third-order valence-corrected chi connectivity index (χ3v) is 4.90. The number of piperidine rings is 1. The molecule has 1 saturated heterocycles. The number of β-amino-alcohol motifs (C(OH)–C–C–N with tert-alkyl or cyclic N) is 1. The van der Waals surface area contributed by atoms with E-state index in [0.717, 1.165) is 17.6 Å². The van der Waals surface area contributed by atoms with Gasteiger partial charge in [-0.05, 0) is 30.4 Å². The third kappa shape index (κ3) is 3.36. The molecule has 0 saturated carbocycles. The van der Waals surface area contributed by atoms with E-state index in [1.807, 2.05) is 30.3 Å². The van der Waals surface area contributed by atoms with Crippen molar-refractivity contribution >= 4 is 17.4 Å². The quantitative estimate of drug-likeness (QED) is 0.898. The molecule has 0 aromatic heterocycles. The lowest BCUT2D eigenvalue weighted by atomic mass is 9.90. The van der Waals surface area contributed by atoms with E-state index in [0.29, 0.717) is 32.5 Å². The second-order valence-electron chi connectivity index (χ2n) is 6.69. The molecular weight excluding hydrogens is 304 g/mol. The van der Waals surface area contributed by atoms with E-state index >= 15 is 0 Å². The second kappa shape index (κ2) is 6.77. The molecule has 2 aliphatic rings. The molecule has 2 aliphatic heterocycles. The topological polar surface area (TPSA) is 60.9 Å². The van der Waals surface area contributed by atoms with Gasteiger partial charge in [-0.25, -0.2) is 0 Å². The van der Waals surface area contributed by atoms with Crippen molar-refractivity contribution in [3.8, 4) is 0 Å². The van der Waals surface area contributed by atoms with Gasteiger partial charge < -0.3 is 14.9 Å². The van der Waals surface area contributed by atoms with Crippen molar-refractivity contribution in [3.63, 3.8) is 0 Å². The van der Waals surface area contributed by atoms with Gasteiger partial charge in [0.15, 0.2) is 5.60 Å².